The maximum Gasteiger partial charge on any atom is 0.281 e. The fraction of sp³-hybridized carbons (Fsp3) is 0.947. The van der Waals surface area contributed by atoms with Gasteiger partial charge >= 0.3 is 0 Å². The molecule has 2 saturated carbocycles. The molecule has 24 heavy (non-hydrogen) atoms. The van der Waals surface area contributed by atoms with Crippen LogP contribution in [0.2, 0.25) is 0 Å². The van der Waals surface area contributed by atoms with E-state index in [1.165, 1.54) is 64.2 Å². The molecule has 4 nitrogen and oxygen atoms in total. The van der Waals surface area contributed by atoms with Crippen LogP contribution in [-0.2, 0) is 9.47 Å². The molecule has 2 aliphatic carbocycles. The van der Waals surface area contributed by atoms with Crippen LogP contribution in [0.5, 0.6) is 0 Å². The van der Waals surface area contributed by atoms with Gasteiger partial charge in [0.05, 0.1) is 18.8 Å². The van der Waals surface area contributed by atoms with Gasteiger partial charge in [0.15, 0.2) is 0 Å². The van der Waals surface area contributed by atoms with Gasteiger partial charge in [-0.05, 0) is 44.4 Å². The van der Waals surface area contributed by atoms with Gasteiger partial charge in [-0.25, -0.2) is 0 Å². The zero-order valence-corrected chi connectivity index (χ0v) is 17.3. The summed E-state index contributed by atoms with van der Waals surface area (Å²) in [5.41, 5.74) is 0. The first-order chi connectivity index (χ1) is 11.6. The molecule has 2 aliphatic rings. The summed E-state index contributed by atoms with van der Waals surface area (Å²) in [4.78, 5) is 11.5. The van der Waals surface area contributed by atoms with E-state index in [0.29, 0.717) is 18.4 Å². The molecule has 0 aromatic rings. The van der Waals surface area contributed by atoms with Crippen LogP contribution in [-0.4, -0.2) is 35.9 Å². The maximum atomic E-state index is 11.5. The highest BCUT2D eigenvalue weighted by molar-refractivity contribution is 14.1. The third kappa shape index (κ3) is 8.00. The second-order valence-corrected chi connectivity index (χ2v) is 8.59. The van der Waals surface area contributed by atoms with Gasteiger partial charge in [-0.2, -0.15) is 0 Å². The van der Waals surface area contributed by atoms with Crippen molar-refractivity contribution >= 4 is 26.5 Å². The molecule has 0 radical (unpaired) electrons. The van der Waals surface area contributed by atoms with Crippen molar-refractivity contribution in [2.75, 3.05) is 19.8 Å². The Morgan fingerprint density at radius 1 is 1.00 bits per heavy atom. The van der Waals surface area contributed by atoms with Crippen LogP contribution < -0.4 is 5.32 Å². The SMILES string of the molecule is CC(OCC1CCCCC1)C(COCC1CCCCC1)NC(=O)I. The number of carbonyl (C=O) groups excluding carboxylic acids is 1. The first-order valence-corrected chi connectivity index (χ1v) is 10.9. The zero-order chi connectivity index (χ0) is 17.2. The fourth-order valence-electron chi connectivity index (χ4n) is 3.91. The van der Waals surface area contributed by atoms with Crippen LogP contribution in [0.4, 0.5) is 4.79 Å². The molecule has 2 atom stereocenters. The lowest BCUT2D eigenvalue weighted by Gasteiger charge is -2.29. The summed E-state index contributed by atoms with van der Waals surface area (Å²) in [5.74, 6) is 1.40. The highest BCUT2D eigenvalue weighted by Gasteiger charge is 2.23. The van der Waals surface area contributed by atoms with E-state index in [1.807, 2.05) is 0 Å². The molecule has 0 aromatic carbocycles. The number of carbonyl (C=O) groups is 1. The van der Waals surface area contributed by atoms with Crippen molar-refractivity contribution < 1.29 is 14.3 Å². The molecule has 0 heterocycles. The van der Waals surface area contributed by atoms with E-state index in [0.717, 1.165) is 13.2 Å². The van der Waals surface area contributed by atoms with E-state index >= 15 is 0 Å². The molecule has 5 heteroatoms. The fourth-order valence-corrected chi connectivity index (χ4v) is 4.31. The summed E-state index contributed by atoms with van der Waals surface area (Å²) in [5, 5.41) is 3.00. The summed E-state index contributed by atoms with van der Waals surface area (Å²) >= 11 is 1.80. The Labute approximate surface area is 160 Å². The Morgan fingerprint density at radius 2 is 1.54 bits per heavy atom. The van der Waals surface area contributed by atoms with Crippen molar-refractivity contribution in [2.45, 2.75) is 83.3 Å². The Bertz CT molecular complexity index is 355. The molecule has 2 unspecified atom stereocenters. The Kier molecular flexibility index (Phi) is 9.94. The zero-order valence-electron chi connectivity index (χ0n) is 15.1. The molecule has 1 amide bonds. The largest absolute Gasteiger partial charge is 0.379 e. The number of rotatable bonds is 9. The van der Waals surface area contributed by atoms with Gasteiger partial charge in [0, 0.05) is 35.8 Å². The molecule has 2 rings (SSSR count). The van der Waals surface area contributed by atoms with Crippen LogP contribution >= 0.6 is 22.6 Å². The molecule has 1 N–H and O–H groups in total. The lowest BCUT2D eigenvalue weighted by molar-refractivity contribution is -0.0164. The molecule has 0 bridgehead atoms. The molecule has 140 valence electrons. The maximum absolute atomic E-state index is 11.5. The van der Waals surface area contributed by atoms with E-state index < -0.39 is 0 Å². The Morgan fingerprint density at radius 3 is 2.08 bits per heavy atom. The molecule has 0 aliphatic heterocycles. The Hall–Kier alpha value is 0.120. The van der Waals surface area contributed by atoms with E-state index in [-0.39, 0.29) is 16.1 Å². The van der Waals surface area contributed by atoms with Gasteiger partial charge in [-0.1, -0.05) is 38.5 Å². The summed E-state index contributed by atoms with van der Waals surface area (Å²) in [7, 11) is 0. The normalized spacial score (nSPS) is 22.9. The first-order valence-electron chi connectivity index (χ1n) is 9.80. The van der Waals surface area contributed by atoms with Gasteiger partial charge in [0.2, 0.25) is 0 Å². The van der Waals surface area contributed by atoms with Crippen LogP contribution in [0.25, 0.3) is 0 Å². The third-order valence-corrected chi connectivity index (χ3v) is 5.87. The van der Waals surface area contributed by atoms with Crippen molar-refractivity contribution in [1.29, 1.82) is 0 Å². The number of hydrogen-bond acceptors (Lipinski definition) is 3. The van der Waals surface area contributed by atoms with Crippen LogP contribution in [0.3, 0.4) is 0 Å². The predicted octanol–water partition coefficient (Wildman–Crippen LogP) is 5.08. The minimum atomic E-state index is -0.0541. The van der Waals surface area contributed by atoms with Crippen molar-refractivity contribution in [2.24, 2.45) is 11.8 Å². The molecule has 0 aromatic heterocycles. The molecule has 2 fully saturated rings. The van der Waals surface area contributed by atoms with E-state index in [9.17, 15) is 4.79 Å². The first kappa shape index (κ1) is 20.4. The average Bonchev–Trinajstić information content (AvgIpc) is 2.60. The topological polar surface area (TPSA) is 47.6 Å². The third-order valence-electron chi connectivity index (χ3n) is 5.56. The standard InChI is InChI=1S/C19H34INO3/c1-15(24-13-17-10-6-3-7-11-17)18(21-19(20)22)14-23-12-16-8-4-2-5-9-16/h15-18H,2-14H2,1H3,(H,21,22). The smallest absolute Gasteiger partial charge is 0.281 e. The van der Waals surface area contributed by atoms with Crippen molar-refractivity contribution in [3.05, 3.63) is 0 Å². The second-order valence-electron chi connectivity index (χ2n) is 7.61. The highest BCUT2D eigenvalue weighted by atomic mass is 127. The quantitative estimate of drug-likeness (QED) is 0.302. The lowest BCUT2D eigenvalue weighted by atomic mass is 9.90. The lowest BCUT2D eigenvalue weighted by Crippen LogP contribution is -2.45. The number of halogens is 1. The molecule has 0 spiro atoms. The van der Waals surface area contributed by atoms with E-state index in [4.69, 9.17) is 9.47 Å². The summed E-state index contributed by atoms with van der Waals surface area (Å²) in [6.45, 7) is 4.25. The molecule has 0 saturated heterocycles. The molecular formula is C19H34INO3. The van der Waals surface area contributed by atoms with E-state index in [2.05, 4.69) is 12.2 Å². The van der Waals surface area contributed by atoms with Crippen LogP contribution in [0, 0.1) is 11.8 Å². The van der Waals surface area contributed by atoms with E-state index in [1.54, 1.807) is 22.6 Å². The minimum Gasteiger partial charge on any atom is -0.379 e. The number of nitrogens with one attached hydrogen (secondary N) is 1. The van der Waals surface area contributed by atoms with Gasteiger partial charge in [-0.3, -0.25) is 4.79 Å². The highest BCUT2D eigenvalue weighted by Crippen LogP contribution is 2.25. The second kappa shape index (κ2) is 11.7. The number of ether oxygens (including phenoxy) is 2. The number of hydrogen-bond donors (Lipinski definition) is 1. The minimum absolute atomic E-state index is 0.00278. The number of amides is 1. The van der Waals surface area contributed by atoms with Crippen LogP contribution in [0.1, 0.15) is 71.1 Å². The Balaban J connectivity index is 1.69. The van der Waals surface area contributed by atoms with Gasteiger partial charge in [-0.15, -0.1) is 0 Å². The summed E-state index contributed by atoms with van der Waals surface area (Å²) in [6, 6.07) is -0.0541. The van der Waals surface area contributed by atoms with Gasteiger partial charge in [0.1, 0.15) is 0 Å². The van der Waals surface area contributed by atoms with Crippen molar-refractivity contribution in [1.82, 2.24) is 5.32 Å². The van der Waals surface area contributed by atoms with Gasteiger partial charge < -0.3 is 14.8 Å². The van der Waals surface area contributed by atoms with Crippen molar-refractivity contribution in [3.63, 3.8) is 0 Å². The predicted molar refractivity (Wildman–Crippen MR) is 106 cm³/mol. The average molecular weight is 451 g/mol. The monoisotopic (exact) mass is 451 g/mol. The van der Waals surface area contributed by atoms with Gasteiger partial charge in [0.25, 0.3) is 3.91 Å². The summed E-state index contributed by atoms with van der Waals surface area (Å²) < 4.78 is 12.0. The van der Waals surface area contributed by atoms with Crippen LogP contribution in [0.15, 0.2) is 0 Å². The summed E-state index contributed by atoms with van der Waals surface area (Å²) in [6.07, 6.45) is 13.2. The van der Waals surface area contributed by atoms with Crippen molar-refractivity contribution in [3.8, 4) is 0 Å². The molecular weight excluding hydrogens is 417 g/mol.